The highest BCUT2D eigenvalue weighted by Crippen LogP contribution is 2.35. The molecular formula is C27H35NO. The van der Waals surface area contributed by atoms with Crippen LogP contribution in [0.3, 0.4) is 0 Å². The van der Waals surface area contributed by atoms with Gasteiger partial charge in [-0.3, -0.25) is 4.90 Å². The van der Waals surface area contributed by atoms with E-state index in [2.05, 4.69) is 108 Å². The number of ether oxygens (including phenoxy) is 1. The van der Waals surface area contributed by atoms with Gasteiger partial charge in [0.05, 0.1) is 6.61 Å². The Balaban J connectivity index is 1.87. The molecule has 1 atom stereocenters. The van der Waals surface area contributed by atoms with Crippen LogP contribution in [0.1, 0.15) is 49.4 Å². The Morgan fingerprint density at radius 1 is 0.897 bits per heavy atom. The van der Waals surface area contributed by atoms with E-state index in [0.717, 1.165) is 12.2 Å². The van der Waals surface area contributed by atoms with Crippen LogP contribution < -0.4 is 4.74 Å². The first kappa shape index (κ1) is 21.4. The van der Waals surface area contributed by atoms with Gasteiger partial charge in [0.25, 0.3) is 0 Å². The molecule has 0 radical (unpaired) electrons. The number of benzene rings is 3. The van der Waals surface area contributed by atoms with E-state index in [4.69, 9.17) is 4.74 Å². The first-order valence-electron chi connectivity index (χ1n) is 10.7. The molecule has 0 heterocycles. The molecule has 0 saturated carbocycles. The van der Waals surface area contributed by atoms with E-state index in [-0.39, 0.29) is 5.54 Å². The van der Waals surface area contributed by atoms with Gasteiger partial charge in [0.2, 0.25) is 0 Å². The zero-order valence-corrected chi connectivity index (χ0v) is 19.0. The van der Waals surface area contributed by atoms with Crippen molar-refractivity contribution in [1.29, 1.82) is 0 Å². The summed E-state index contributed by atoms with van der Waals surface area (Å²) in [6, 6.07) is 20.0. The van der Waals surface area contributed by atoms with Crippen LogP contribution in [-0.4, -0.2) is 24.6 Å². The Morgan fingerprint density at radius 2 is 1.59 bits per heavy atom. The summed E-state index contributed by atoms with van der Waals surface area (Å²) in [5.74, 6) is 0.977. The summed E-state index contributed by atoms with van der Waals surface area (Å²) in [4.78, 5) is 2.47. The topological polar surface area (TPSA) is 12.5 Å². The molecule has 0 spiro atoms. The van der Waals surface area contributed by atoms with Crippen LogP contribution in [0, 0.1) is 20.8 Å². The van der Waals surface area contributed by atoms with E-state index in [9.17, 15) is 0 Å². The largest absolute Gasteiger partial charge is 0.493 e. The normalized spacial score (nSPS) is 13.8. The van der Waals surface area contributed by atoms with Gasteiger partial charge in [-0.25, -0.2) is 0 Å². The van der Waals surface area contributed by atoms with Crippen molar-refractivity contribution < 1.29 is 4.74 Å². The van der Waals surface area contributed by atoms with Crippen molar-refractivity contribution in [2.75, 3.05) is 13.7 Å². The second-order valence-electron chi connectivity index (χ2n) is 8.81. The molecular weight excluding hydrogens is 354 g/mol. The fourth-order valence-corrected chi connectivity index (χ4v) is 4.25. The van der Waals surface area contributed by atoms with E-state index in [1.54, 1.807) is 0 Å². The van der Waals surface area contributed by atoms with Gasteiger partial charge in [-0.2, -0.15) is 0 Å². The summed E-state index contributed by atoms with van der Waals surface area (Å²) in [6.07, 6.45) is 0.924. The van der Waals surface area contributed by atoms with Gasteiger partial charge in [-0.15, -0.1) is 0 Å². The van der Waals surface area contributed by atoms with Crippen LogP contribution in [0.2, 0.25) is 0 Å². The Labute approximate surface area is 176 Å². The molecule has 0 fully saturated rings. The fraction of sp³-hybridized carbons (Fsp3) is 0.407. The smallest absolute Gasteiger partial charge is 0.127 e. The molecule has 0 aromatic heterocycles. The summed E-state index contributed by atoms with van der Waals surface area (Å²) in [5.41, 5.74) is 5.25. The zero-order valence-electron chi connectivity index (χ0n) is 19.0. The van der Waals surface area contributed by atoms with E-state index in [1.807, 2.05) is 0 Å². The van der Waals surface area contributed by atoms with Crippen LogP contribution in [0.4, 0.5) is 0 Å². The summed E-state index contributed by atoms with van der Waals surface area (Å²) in [6.45, 7) is 14.1. The van der Waals surface area contributed by atoms with E-state index in [0.29, 0.717) is 12.6 Å². The van der Waals surface area contributed by atoms with Crippen LogP contribution >= 0.6 is 0 Å². The minimum atomic E-state index is -0.0867. The van der Waals surface area contributed by atoms with Gasteiger partial charge in [-0.1, -0.05) is 42.5 Å². The first-order valence-corrected chi connectivity index (χ1v) is 10.7. The minimum absolute atomic E-state index is 0.0867. The molecule has 3 aromatic carbocycles. The third-order valence-corrected chi connectivity index (χ3v) is 6.58. The molecule has 0 N–H and O–H groups in total. The fourth-order valence-electron chi connectivity index (χ4n) is 4.25. The van der Waals surface area contributed by atoms with Crippen molar-refractivity contribution in [1.82, 2.24) is 4.90 Å². The average Bonchev–Trinajstić information content (AvgIpc) is 2.68. The summed E-state index contributed by atoms with van der Waals surface area (Å²) >= 11 is 0. The molecule has 0 saturated heterocycles. The summed E-state index contributed by atoms with van der Waals surface area (Å²) in [5, 5.41) is 2.44. The highest BCUT2D eigenvalue weighted by Gasteiger charge is 2.33. The van der Waals surface area contributed by atoms with E-state index in [1.165, 1.54) is 33.0 Å². The van der Waals surface area contributed by atoms with Crippen molar-refractivity contribution in [2.24, 2.45) is 0 Å². The summed E-state index contributed by atoms with van der Waals surface area (Å²) in [7, 11) is 2.22. The SMILES string of the molecule is Cc1cc2cccc(OCC[C@@](C)(c3ccccc3C)N(C)C(C)C)c2cc1C. The van der Waals surface area contributed by atoms with Gasteiger partial charge >= 0.3 is 0 Å². The number of hydrogen-bond donors (Lipinski definition) is 0. The molecule has 0 bridgehead atoms. The number of hydrogen-bond acceptors (Lipinski definition) is 2. The minimum Gasteiger partial charge on any atom is -0.493 e. The Hall–Kier alpha value is -2.32. The maximum atomic E-state index is 6.37. The Kier molecular flexibility index (Phi) is 6.33. The molecule has 0 aliphatic carbocycles. The van der Waals surface area contributed by atoms with Crippen molar-refractivity contribution >= 4 is 10.8 Å². The van der Waals surface area contributed by atoms with Crippen molar-refractivity contribution in [3.8, 4) is 5.75 Å². The third-order valence-electron chi connectivity index (χ3n) is 6.58. The molecule has 2 heteroatoms. The van der Waals surface area contributed by atoms with Gasteiger partial charge in [0, 0.05) is 23.4 Å². The van der Waals surface area contributed by atoms with Crippen LogP contribution in [0.5, 0.6) is 5.75 Å². The van der Waals surface area contributed by atoms with Gasteiger partial charge in [-0.05, 0) is 88.4 Å². The molecule has 0 amide bonds. The monoisotopic (exact) mass is 389 g/mol. The maximum Gasteiger partial charge on any atom is 0.127 e. The molecule has 0 aliphatic rings. The quantitative estimate of drug-likeness (QED) is 0.441. The van der Waals surface area contributed by atoms with Crippen LogP contribution in [0.25, 0.3) is 10.8 Å². The number of rotatable bonds is 7. The highest BCUT2D eigenvalue weighted by molar-refractivity contribution is 5.89. The van der Waals surface area contributed by atoms with E-state index >= 15 is 0 Å². The second-order valence-corrected chi connectivity index (χ2v) is 8.81. The standard InChI is InChI=1S/C27H35NO/c1-19(2)28(7)27(6,25-13-9-8-11-20(25)3)15-16-29-26-14-10-12-23-17-21(4)22(5)18-24(23)26/h8-14,17-19H,15-16H2,1-7H3/t27-/m0/s1. The first-order chi connectivity index (χ1) is 13.7. The van der Waals surface area contributed by atoms with Crippen molar-refractivity contribution in [3.63, 3.8) is 0 Å². The molecule has 154 valence electrons. The highest BCUT2D eigenvalue weighted by atomic mass is 16.5. The van der Waals surface area contributed by atoms with Gasteiger partial charge in [0.15, 0.2) is 0 Å². The Bertz CT molecular complexity index is 991. The molecule has 2 nitrogen and oxygen atoms in total. The second kappa shape index (κ2) is 8.59. The number of fused-ring (bicyclic) bond motifs is 1. The van der Waals surface area contributed by atoms with Crippen LogP contribution in [-0.2, 0) is 5.54 Å². The van der Waals surface area contributed by atoms with E-state index < -0.39 is 0 Å². The Morgan fingerprint density at radius 3 is 2.28 bits per heavy atom. The maximum absolute atomic E-state index is 6.37. The lowest BCUT2D eigenvalue weighted by Crippen LogP contribution is -2.46. The lowest BCUT2D eigenvalue weighted by atomic mass is 9.83. The van der Waals surface area contributed by atoms with Crippen molar-refractivity contribution in [2.45, 2.75) is 59.5 Å². The molecule has 29 heavy (non-hydrogen) atoms. The lowest BCUT2D eigenvalue weighted by molar-refractivity contribution is 0.0749. The van der Waals surface area contributed by atoms with Crippen LogP contribution in [0.15, 0.2) is 54.6 Å². The predicted octanol–water partition coefficient (Wildman–Crippen LogP) is 6.79. The predicted molar refractivity (Wildman–Crippen MR) is 125 cm³/mol. The third kappa shape index (κ3) is 4.33. The molecule has 0 aliphatic heterocycles. The molecule has 3 aromatic rings. The number of aryl methyl sites for hydroxylation is 3. The van der Waals surface area contributed by atoms with Gasteiger partial charge < -0.3 is 4.74 Å². The number of nitrogens with zero attached hydrogens (tertiary/aromatic N) is 1. The zero-order chi connectivity index (χ0) is 21.2. The van der Waals surface area contributed by atoms with Crippen molar-refractivity contribution in [3.05, 3.63) is 76.9 Å². The molecule has 3 rings (SSSR count). The summed E-state index contributed by atoms with van der Waals surface area (Å²) < 4.78 is 6.37. The van der Waals surface area contributed by atoms with Gasteiger partial charge in [0.1, 0.15) is 5.75 Å². The average molecular weight is 390 g/mol. The molecule has 0 unspecified atom stereocenters. The lowest BCUT2D eigenvalue weighted by Gasteiger charge is -2.43.